The minimum atomic E-state index is -0.827. The van der Waals surface area contributed by atoms with Gasteiger partial charge >= 0.3 is 0 Å². The van der Waals surface area contributed by atoms with Crippen molar-refractivity contribution >= 4 is 34.8 Å². The van der Waals surface area contributed by atoms with Crippen LogP contribution in [0.5, 0.6) is 0 Å². The van der Waals surface area contributed by atoms with Crippen LogP contribution in [0.1, 0.15) is 11.6 Å². The smallest absolute Gasteiger partial charge is 0.244 e. The molecule has 0 fully saturated rings. The first-order chi connectivity index (χ1) is 9.47. The molecule has 104 valence electrons. The molecule has 0 heterocycles. The molecule has 0 aliphatic heterocycles. The molecule has 0 saturated carbocycles. The normalized spacial score (nSPS) is 11.9. The van der Waals surface area contributed by atoms with Crippen LogP contribution in [0, 0.1) is 5.82 Å². The van der Waals surface area contributed by atoms with Gasteiger partial charge in [-0.25, -0.2) is 4.39 Å². The molecule has 3 nitrogen and oxygen atoms in total. The van der Waals surface area contributed by atoms with E-state index in [9.17, 15) is 9.18 Å². The van der Waals surface area contributed by atoms with E-state index in [0.29, 0.717) is 16.3 Å². The highest BCUT2D eigenvalue weighted by molar-refractivity contribution is 6.31. The van der Waals surface area contributed by atoms with E-state index in [2.05, 4.69) is 5.32 Å². The second-order valence-corrected chi connectivity index (χ2v) is 5.01. The van der Waals surface area contributed by atoms with Crippen molar-refractivity contribution in [3.8, 4) is 0 Å². The summed E-state index contributed by atoms with van der Waals surface area (Å²) in [5, 5.41) is 3.40. The average molecular weight is 313 g/mol. The van der Waals surface area contributed by atoms with E-state index in [-0.39, 0.29) is 5.02 Å². The minimum Gasteiger partial charge on any atom is -0.370 e. The molecule has 0 spiro atoms. The van der Waals surface area contributed by atoms with Gasteiger partial charge in [-0.2, -0.15) is 0 Å². The molecular formula is C14H11Cl2FN2O. The van der Waals surface area contributed by atoms with Crippen LogP contribution in [-0.4, -0.2) is 5.91 Å². The van der Waals surface area contributed by atoms with Crippen molar-refractivity contribution in [2.24, 2.45) is 5.73 Å². The lowest BCUT2D eigenvalue weighted by atomic mass is 10.1. The quantitative estimate of drug-likeness (QED) is 0.903. The number of carbonyl (C=O) groups excluding carboxylic acids is 1. The van der Waals surface area contributed by atoms with Gasteiger partial charge in [-0.05, 0) is 35.9 Å². The van der Waals surface area contributed by atoms with Crippen LogP contribution in [0.15, 0.2) is 42.5 Å². The summed E-state index contributed by atoms with van der Waals surface area (Å²) in [6, 6.07) is 10.0. The Morgan fingerprint density at radius 2 is 1.95 bits per heavy atom. The van der Waals surface area contributed by atoms with Crippen LogP contribution >= 0.6 is 23.2 Å². The van der Waals surface area contributed by atoms with Gasteiger partial charge < -0.3 is 11.1 Å². The second-order valence-electron chi connectivity index (χ2n) is 4.16. The van der Waals surface area contributed by atoms with Crippen molar-refractivity contribution in [3.05, 3.63) is 63.9 Å². The Bertz CT molecular complexity index is 649. The molecule has 0 aliphatic carbocycles. The second kappa shape index (κ2) is 6.11. The molecule has 0 aliphatic rings. The number of carbonyl (C=O) groups is 1. The predicted octanol–water partition coefficient (Wildman–Crippen LogP) is 3.77. The van der Waals surface area contributed by atoms with E-state index in [0.717, 1.165) is 0 Å². The first-order valence-corrected chi connectivity index (χ1v) is 6.49. The van der Waals surface area contributed by atoms with E-state index in [1.807, 2.05) is 0 Å². The minimum absolute atomic E-state index is 0.0679. The van der Waals surface area contributed by atoms with Crippen LogP contribution in [0.2, 0.25) is 10.0 Å². The number of hydrogen-bond donors (Lipinski definition) is 2. The Kier molecular flexibility index (Phi) is 4.47. The number of nitrogens with one attached hydrogen (secondary N) is 1. The fourth-order valence-electron chi connectivity index (χ4n) is 1.76. The van der Waals surface area contributed by atoms with E-state index in [4.69, 9.17) is 28.9 Å². The molecule has 6 heteroatoms. The van der Waals surface area contributed by atoms with Gasteiger partial charge in [0.15, 0.2) is 0 Å². The van der Waals surface area contributed by atoms with Crippen LogP contribution in [0.25, 0.3) is 0 Å². The van der Waals surface area contributed by atoms with Crippen molar-refractivity contribution in [2.45, 2.75) is 6.04 Å². The van der Waals surface area contributed by atoms with Crippen LogP contribution in [0.3, 0.4) is 0 Å². The summed E-state index contributed by atoms with van der Waals surface area (Å²) in [5.41, 5.74) is 6.47. The molecule has 3 N–H and O–H groups in total. The Hall–Kier alpha value is -1.78. The Labute approximate surface area is 125 Å². The van der Waals surface area contributed by atoms with Crippen molar-refractivity contribution < 1.29 is 9.18 Å². The average Bonchev–Trinajstić information content (AvgIpc) is 2.39. The molecule has 0 aromatic heterocycles. The molecule has 20 heavy (non-hydrogen) atoms. The largest absolute Gasteiger partial charge is 0.370 e. The first-order valence-electron chi connectivity index (χ1n) is 5.74. The highest BCUT2D eigenvalue weighted by atomic mass is 35.5. The Balaban J connectivity index is 2.32. The van der Waals surface area contributed by atoms with Gasteiger partial charge in [0.2, 0.25) is 5.91 Å². The first kappa shape index (κ1) is 14.6. The molecule has 2 rings (SSSR count). The fourth-order valence-corrected chi connectivity index (χ4v) is 2.13. The molecular weight excluding hydrogens is 302 g/mol. The van der Waals surface area contributed by atoms with Gasteiger partial charge in [0, 0.05) is 10.7 Å². The zero-order valence-corrected chi connectivity index (χ0v) is 11.8. The molecule has 2 aromatic carbocycles. The van der Waals surface area contributed by atoms with Crippen molar-refractivity contribution in [1.82, 2.24) is 0 Å². The van der Waals surface area contributed by atoms with E-state index in [1.165, 1.54) is 18.2 Å². The van der Waals surface area contributed by atoms with Gasteiger partial charge in [0.1, 0.15) is 11.9 Å². The maximum Gasteiger partial charge on any atom is 0.244 e. The lowest BCUT2D eigenvalue weighted by Crippen LogP contribution is -2.27. The highest BCUT2D eigenvalue weighted by Gasteiger charge is 2.19. The summed E-state index contributed by atoms with van der Waals surface area (Å²) >= 11 is 11.6. The summed E-state index contributed by atoms with van der Waals surface area (Å²) in [6.07, 6.45) is 0. The maximum absolute atomic E-state index is 13.2. The lowest BCUT2D eigenvalue weighted by molar-refractivity contribution is -0.118. The number of benzene rings is 2. The van der Waals surface area contributed by atoms with Gasteiger partial charge in [0.25, 0.3) is 0 Å². The van der Waals surface area contributed by atoms with Crippen LogP contribution < -0.4 is 11.1 Å². The molecule has 0 saturated heterocycles. The highest BCUT2D eigenvalue weighted by Crippen LogP contribution is 2.25. The van der Waals surface area contributed by atoms with E-state index in [1.54, 1.807) is 24.3 Å². The van der Waals surface area contributed by atoms with E-state index < -0.39 is 17.8 Å². The summed E-state index contributed by atoms with van der Waals surface area (Å²) in [6.45, 7) is 0. The van der Waals surface area contributed by atoms with Crippen molar-refractivity contribution in [3.63, 3.8) is 0 Å². The fraction of sp³-hybridized carbons (Fsp3) is 0.0714. The zero-order valence-electron chi connectivity index (χ0n) is 10.2. The molecule has 1 atom stereocenters. The summed E-state index contributed by atoms with van der Waals surface area (Å²) in [5.74, 6) is -1.16. The van der Waals surface area contributed by atoms with Crippen molar-refractivity contribution in [2.75, 3.05) is 5.32 Å². The number of primary amides is 1. The number of halogens is 3. The summed E-state index contributed by atoms with van der Waals surface area (Å²) in [4.78, 5) is 11.6. The molecule has 1 amide bonds. The van der Waals surface area contributed by atoms with Gasteiger partial charge in [-0.15, -0.1) is 0 Å². The Morgan fingerprint density at radius 3 is 2.55 bits per heavy atom. The van der Waals surface area contributed by atoms with Gasteiger partial charge in [-0.3, -0.25) is 4.79 Å². The summed E-state index contributed by atoms with van der Waals surface area (Å²) in [7, 11) is 0. The van der Waals surface area contributed by atoms with Crippen molar-refractivity contribution in [1.29, 1.82) is 0 Å². The standard InChI is InChI=1S/C14H11Cl2FN2O/c15-9-2-1-3-10(7-9)19-13(14(18)20)8-4-5-12(17)11(16)6-8/h1-7,13,19H,(H2,18,20). The number of anilines is 1. The third kappa shape index (κ3) is 3.40. The predicted molar refractivity (Wildman–Crippen MR) is 78.4 cm³/mol. The van der Waals surface area contributed by atoms with Gasteiger partial charge in [0.05, 0.1) is 5.02 Å². The summed E-state index contributed by atoms with van der Waals surface area (Å²) < 4.78 is 13.2. The lowest BCUT2D eigenvalue weighted by Gasteiger charge is -2.17. The number of rotatable bonds is 4. The number of hydrogen-bond acceptors (Lipinski definition) is 2. The van der Waals surface area contributed by atoms with Gasteiger partial charge in [-0.1, -0.05) is 35.3 Å². The van der Waals surface area contributed by atoms with E-state index >= 15 is 0 Å². The SMILES string of the molecule is NC(=O)C(Nc1cccc(Cl)c1)c1ccc(F)c(Cl)c1. The van der Waals surface area contributed by atoms with Crippen LogP contribution in [-0.2, 0) is 4.79 Å². The van der Waals surface area contributed by atoms with Crippen LogP contribution in [0.4, 0.5) is 10.1 Å². The zero-order chi connectivity index (χ0) is 14.7. The third-order valence-corrected chi connectivity index (χ3v) is 3.22. The number of nitrogens with two attached hydrogens (primary N) is 1. The molecule has 0 radical (unpaired) electrons. The molecule has 2 aromatic rings. The Morgan fingerprint density at radius 1 is 1.20 bits per heavy atom. The maximum atomic E-state index is 13.2. The molecule has 1 unspecified atom stereocenters. The monoisotopic (exact) mass is 312 g/mol. The number of amides is 1. The third-order valence-electron chi connectivity index (χ3n) is 2.70. The topological polar surface area (TPSA) is 55.1 Å². The molecule has 0 bridgehead atoms.